The smallest absolute Gasteiger partial charge is 0.228 e. The Bertz CT molecular complexity index is 455. The summed E-state index contributed by atoms with van der Waals surface area (Å²) in [5.41, 5.74) is 2.80. The Kier molecular flexibility index (Phi) is 3.42. The molecule has 4 nitrogen and oxygen atoms in total. The molecule has 2 amide bonds. The molecule has 1 aromatic carbocycles. The first kappa shape index (κ1) is 11.6. The molecule has 17 heavy (non-hydrogen) atoms. The van der Waals surface area contributed by atoms with Gasteiger partial charge in [0.15, 0.2) is 0 Å². The number of hydrogen-bond donors (Lipinski definition) is 2. The normalized spacial score (nSPS) is 13.1. The maximum Gasteiger partial charge on any atom is 0.228 e. The van der Waals surface area contributed by atoms with Crippen LogP contribution in [0, 0.1) is 0 Å². The summed E-state index contributed by atoms with van der Waals surface area (Å²) in [6.07, 6.45) is 1.73. The van der Waals surface area contributed by atoms with Crippen LogP contribution in [-0.2, 0) is 22.4 Å². The fourth-order valence-electron chi connectivity index (χ4n) is 1.90. The molecule has 2 rings (SSSR count). The molecule has 0 atom stereocenters. The van der Waals surface area contributed by atoms with Gasteiger partial charge < -0.3 is 10.6 Å². The van der Waals surface area contributed by atoms with Gasteiger partial charge in [-0.3, -0.25) is 9.59 Å². The van der Waals surface area contributed by atoms with Gasteiger partial charge in [-0.2, -0.15) is 0 Å². The molecule has 90 valence electrons. The zero-order chi connectivity index (χ0) is 12.3. The van der Waals surface area contributed by atoms with Crippen molar-refractivity contribution in [2.24, 2.45) is 0 Å². The van der Waals surface area contributed by atoms with E-state index in [1.165, 1.54) is 0 Å². The topological polar surface area (TPSA) is 58.2 Å². The van der Waals surface area contributed by atoms with Crippen molar-refractivity contribution in [3.63, 3.8) is 0 Å². The van der Waals surface area contributed by atoms with Gasteiger partial charge in [-0.05, 0) is 23.6 Å². The van der Waals surface area contributed by atoms with Crippen LogP contribution in [0.15, 0.2) is 18.2 Å². The largest absolute Gasteiger partial charge is 0.356 e. The summed E-state index contributed by atoms with van der Waals surface area (Å²) in [4.78, 5) is 22.7. The Morgan fingerprint density at radius 2 is 2.29 bits per heavy atom. The molecule has 1 aliphatic rings. The molecule has 0 spiro atoms. The first-order valence-electron chi connectivity index (χ1n) is 5.87. The van der Waals surface area contributed by atoms with Gasteiger partial charge in [0, 0.05) is 12.2 Å². The molecule has 1 aromatic rings. The Morgan fingerprint density at radius 1 is 1.47 bits per heavy atom. The molecule has 4 heteroatoms. The van der Waals surface area contributed by atoms with E-state index in [0.717, 1.165) is 23.2 Å². The fourth-order valence-corrected chi connectivity index (χ4v) is 1.90. The molecule has 0 bridgehead atoms. The minimum Gasteiger partial charge on any atom is -0.356 e. The zero-order valence-electron chi connectivity index (χ0n) is 9.88. The van der Waals surface area contributed by atoms with E-state index < -0.39 is 0 Å². The number of rotatable bonds is 4. The maximum absolute atomic E-state index is 11.5. The number of carbonyl (C=O) groups is 2. The Hall–Kier alpha value is -1.84. The molecule has 1 heterocycles. The summed E-state index contributed by atoms with van der Waals surface area (Å²) in [6, 6.07) is 5.68. The molecular weight excluding hydrogens is 216 g/mol. The van der Waals surface area contributed by atoms with Crippen LogP contribution in [0.3, 0.4) is 0 Å². The fraction of sp³-hybridized carbons (Fsp3) is 0.385. The number of carbonyl (C=O) groups excluding carboxylic acids is 2. The monoisotopic (exact) mass is 232 g/mol. The standard InChI is InChI=1S/C13H16N2O2/c1-2-5-14-12(16)7-9-3-4-11-10(6-9)8-13(17)15-11/h3-4,6H,2,5,7-8H2,1H3,(H,14,16)(H,15,17). The van der Waals surface area contributed by atoms with Crippen LogP contribution in [-0.4, -0.2) is 18.4 Å². The van der Waals surface area contributed by atoms with Crippen molar-refractivity contribution >= 4 is 17.5 Å². The second-order valence-corrected chi connectivity index (χ2v) is 4.24. The van der Waals surface area contributed by atoms with Crippen molar-refractivity contribution in [3.05, 3.63) is 29.3 Å². The van der Waals surface area contributed by atoms with Gasteiger partial charge in [0.05, 0.1) is 12.8 Å². The highest BCUT2D eigenvalue weighted by Gasteiger charge is 2.17. The number of amides is 2. The van der Waals surface area contributed by atoms with Crippen molar-refractivity contribution < 1.29 is 9.59 Å². The molecular formula is C13H16N2O2. The molecule has 0 fully saturated rings. The number of fused-ring (bicyclic) bond motifs is 1. The van der Waals surface area contributed by atoms with Gasteiger partial charge in [0.1, 0.15) is 0 Å². The summed E-state index contributed by atoms with van der Waals surface area (Å²) in [7, 11) is 0. The average molecular weight is 232 g/mol. The SMILES string of the molecule is CCCNC(=O)Cc1ccc2c(c1)CC(=O)N2. The number of benzene rings is 1. The van der Waals surface area contributed by atoms with E-state index in [1.807, 2.05) is 25.1 Å². The second kappa shape index (κ2) is 4.99. The quantitative estimate of drug-likeness (QED) is 0.820. The molecule has 0 saturated heterocycles. The van der Waals surface area contributed by atoms with E-state index in [1.54, 1.807) is 0 Å². The third-order valence-electron chi connectivity index (χ3n) is 2.73. The van der Waals surface area contributed by atoms with E-state index in [-0.39, 0.29) is 11.8 Å². The molecule has 0 unspecified atom stereocenters. The molecule has 1 aliphatic heterocycles. The minimum atomic E-state index is 0.0209. The van der Waals surface area contributed by atoms with Crippen molar-refractivity contribution in [3.8, 4) is 0 Å². The van der Waals surface area contributed by atoms with Crippen molar-refractivity contribution in [2.45, 2.75) is 26.2 Å². The van der Waals surface area contributed by atoms with E-state index in [0.29, 0.717) is 19.4 Å². The minimum absolute atomic E-state index is 0.0209. The third-order valence-corrected chi connectivity index (χ3v) is 2.73. The highest BCUT2D eigenvalue weighted by atomic mass is 16.2. The average Bonchev–Trinajstić information content (AvgIpc) is 2.65. The van der Waals surface area contributed by atoms with Gasteiger partial charge in [-0.1, -0.05) is 19.1 Å². The van der Waals surface area contributed by atoms with Gasteiger partial charge in [-0.25, -0.2) is 0 Å². The lowest BCUT2D eigenvalue weighted by atomic mass is 10.1. The van der Waals surface area contributed by atoms with Crippen LogP contribution >= 0.6 is 0 Å². The van der Waals surface area contributed by atoms with Crippen LogP contribution in [0.4, 0.5) is 5.69 Å². The number of hydrogen-bond acceptors (Lipinski definition) is 2. The van der Waals surface area contributed by atoms with E-state index >= 15 is 0 Å². The number of nitrogens with one attached hydrogen (secondary N) is 2. The lowest BCUT2D eigenvalue weighted by molar-refractivity contribution is -0.120. The van der Waals surface area contributed by atoms with Crippen molar-refractivity contribution in [2.75, 3.05) is 11.9 Å². The maximum atomic E-state index is 11.5. The van der Waals surface area contributed by atoms with Crippen molar-refractivity contribution in [1.29, 1.82) is 0 Å². The zero-order valence-corrected chi connectivity index (χ0v) is 9.88. The van der Waals surface area contributed by atoms with Crippen LogP contribution < -0.4 is 10.6 Å². The van der Waals surface area contributed by atoms with E-state index in [9.17, 15) is 9.59 Å². The van der Waals surface area contributed by atoms with Gasteiger partial charge in [-0.15, -0.1) is 0 Å². The highest BCUT2D eigenvalue weighted by Crippen LogP contribution is 2.23. The summed E-state index contributed by atoms with van der Waals surface area (Å²) < 4.78 is 0. The lowest BCUT2D eigenvalue weighted by Gasteiger charge is -2.05. The first-order valence-corrected chi connectivity index (χ1v) is 5.87. The Labute approximate surface area is 100 Å². The van der Waals surface area contributed by atoms with Gasteiger partial charge >= 0.3 is 0 Å². The lowest BCUT2D eigenvalue weighted by Crippen LogP contribution is -2.25. The van der Waals surface area contributed by atoms with Crippen LogP contribution in [0.1, 0.15) is 24.5 Å². The molecule has 0 aromatic heterocycles. The summed E-state index contributed by atoms with van der Waals surface area (Å²) in [5, 5.41) is 5.61. The van der Waals surface area contributed by atoms with E-state index in [2.05, 4.69) is 10.6 Å². The van der Waals surface area contributed by atoms with Crippen LogP contribution in [0.5, 0.6) is 0 Å². The Morgan fingerprint density at radius 3 is 3.06 bits per heavy atom. The molecule has 2 N–H and O–H groups in total. The van der Waals surface area contributed by atoms with E-state index in [4.69, 9.17) is 0 Å². The molecule has 0 radical (unpaired) electrons. The van der Waals surface area contributed by atoms with Crippen molar-refractivity contribution in [1.82, 2.24) is 5.32 Å². The predicted octanol–water partition coefficient (Wildman–Crippen LogP) is 1.25. The summed E-state index contributed by atoms with van der Waals surface area (Å²) >= 11 is 0. The first-order chi connectivity index (χ1) is 8.19. The van der Waals surface area contributed by atoms with Crippen LogP contribution in [0.25, 0.3) is 0 Å². The van der Waals surface area contributed by atoms with Gasteiger partial charge in [0.25, 0.3) is 0 Å². The summed E-state index contributed by atoms with van der Waals surface area (Å²) in [6.45, 7) is 2.73. The Balaban J connectivity index is 2.01. The predicted molar refractivity (Wildman–Crippen MR) is 65.8 cm³/mol. The summed E-state index contributed by atoms with van der Waals surface area (Å²) in [5.74, 6) is 0.0525. The van der Waals surface area contributed by atoms with Crippen LogP contribution in [0.2, 0.25) is 0 Å². The second-order valence-electron chi connectivity index (χ2n) is 4.24. The highest BCUT2D eigenvalue weighted by molar-refractivity contribution is 5.99. The van der Waals surface area contributed by atoms with Gasteiger partial charge in [0.2, 0.25) is 11.8 Å². The third kappa shape index (κ3) is 2.84. The number of anilines is 1. The molecule has 0 aliphatic carbocycles. The molecule has 0 saturated carbocycles.